The van der Waals surface area contributed by atoms with Crippen LogP contribution in [0.25, 0.3) is 0 Å². The molecule has 2 rings (SSSR count). The maximum atomic E-state index is 12.2. The van der Waals surface area contributed by atoms with Crippen LogP contribution in [0.3, 0.4) is 0 Å². The summed E-state index contributed by atoms with van der Waals surface area (Å²) in [6.07, 6.45) is 1.28. The first-order chi connectivity index (χ1) is 12.8. The van der Waals surface area contributed by atoms with Crippen LogP contribution >= 0.6 is 0 Å². The number of pyridine rings is 1. The van der Waals surface area contributed by atoms with Crippen LogP contribution in [0.4, 0.5) is 5.69 Å². The van der Waals surface area contributed by atoms with Crippen molar-refractivity contribution in [2.75, 3.05) is 11.9 Å². The van der Waals surface area contributed by atoms with E-state index in [0.717, 1.165) is 0 Å². The molecule has 1 heterocycles. The molecule has 142 valence electrons. The molecule has 27 heavy (non-hydrogen) atoms. The molecule has 0 unspecified atom stereocenters. The molecule has 3 N–H and O–H groups in total. The van der Waals surface area contributed by atoms with E-state index in [-0.39, 0.29) is 30.9 Å². The monoisotopic (exact) mass is 371 g/mol. The minimum absolute atomic E-state index is 0.00276. The van der Waals surface area contributed by atoms with E-state index in [0.29, 0.717) is 22.7 Å². The van der Waals surface area contributed by atoms with Crippen LogP contribution in [-0.2, 0) is 4.79 Å². The van der Waals surface area contributed by atoms with E-state index < -0.39 is 5.97 Å². The van der Waals surface area contributed by atoms with E-state index in [4.69, 9.17) is 9.84 Å². The summed E-state index contributed by atoms with van der Waals surface area (Å²) in [5.41, 5.74) is 1.27. The van der Waals surface area contributed by atoms with Crippen molar-refractivity contribution in [3.8, 4) is 5.88 Å². The first-order valence-electron chi connectivity index (χ1n) is 8.39. The van der Waals surface area contributed by atoms with Crippen molar-refractivity contribution in [3.63, 3.8) is 0 Å². The predicted molar refractivity (Wildman–Crippen MR) is 99.0 cm³/mol. The highest BCUT2D eigenvalue weighted by Gasteiger charge is 2.10. The van der Waals surface area contributed by atoms with Crippen LogP contribution in [0.1, 0.15) is 41.0 Å². The Bertz CT molecular complexity index is 801. The number of carboxylic acids is 1. The van der Waals surface area contributed by atoms with Crippen molar-refractivity contribution in [2.24, 2.45) is 0 Å². The van der Waals surface area contributed by atoms with Crippen molar-refractivity contribution >= 4 is 23.5 Å². The second-order valence-electron chi connectivity index (χ2n) is 5.98. The maximum Gasteiger partial charge on any atom is 0.305 e. The summed E-state index contributed by atoms with van der Waals surface area (Å²) in [5.74, 6) is -1.25. The molecule has 0 saturated heterocycles. The summed E-state index contributed by atoms with van der Waals surface area (Å²) in [5, 5.41) is 13.8. The van der Waals surface area contributed by atoms with Gasteiger partial charge in [0.1, 0.15) is 0 Å². The number of hydrogen-bond donors (Lipinski definition) is 3. The van der Waals surface area contributed by atoms with Crippen LogP contribution in [0.5, 0.6) is 5.88 Å². The molecule has 0 aliphatic rings. The third-order valence-electron chi connectivity index (χ3n) is 3.38. The Morgan fingerprint density at radius 2 is 1.70 bits per heavy atom. The van der Waals surface area contributed by atoms with Crippen LogP contribution < -0.4 is 15.4 Å². The average molecular weight is 371 g/mol. The lowest BCUT2D eigenvalue weighted by Gasteiger charge is -2.09. The number of aromatic nitrogens is 1. The summed E-state index contributed by atoms with van der Waals surface area (Å²) >= 11 is 0. The zero-order valence-corrected chi connectivity index (χ0v) is 15.1. The number of anilines is 1. The third kappa shape index (κ3) is 6.43. The van der Waals surface area contributed by atoms with E-state index in [1.54, 1.807) is 36.4 Å². The Morgan fingerprint density at radius 3 is 2.26 bits per heavy atom. The molecule has 0 bridgehead atoms. The zero-order valence-electron chi connectivity index (χ0n) is 15.1. The van der Waals surface area contributed by atoms with Crippen LogP contribution in [0.15, 0.2) is 42.6 Å². The molecule has 0 radical (unpaired) electrons. The van der Waals surface area contributed by atoms with Gasteiger partial charge in [0.05, 0.1) is 18.1 Å². The Morgan fingerprint density at radius 1 is 1.04 bits per heavy atom. The van der Waals surface area contributed by atoms with Gasteiger partial charge in [-0.25, -0.2) is 4.98 Å². The highest BCUT2D eigenvalue weighted by Crippen LogP contribution is 2.13. The van der Waals surface area contributed by atoms with Crippen LogP contribution in [0.2, 0.25) is 0 Å². The lowest BCUT2D eigenvalue weighted by Crippen LogP contribution is -2.25. The summed E-state index contributed by atoms with van der Waals surface area (Å²) in [4.78, 5) is 38.6. The van der Waals surface area contributed by atoms with Gasteiger partial charge < -0.3 is 20.5 Å². The zero-order chi connectivity index (χ0) is 19.8. The van der Waals surface area contributed by atoms with Gasteiger partial charge in [-0.15, -0.1) is 0 Å². The van der Waals surface area contributed by atoms with Gasteiger partial charge in [0.25, 0.3) is 11.8 Å². The minimum atomic E-state index is -0.980. The van der Waals surface area contributed by atoms with Gasteiger partial charge in [-0.2, -0.15) is 0 Å². The van der Waals surface area contributed by atoms with Crippen molar-refractivity contribution in [1.29, 1.82) is 0 Å². The quantitative estimate of drug-likeness (QED) is 0.655. The fraction of sp³-hybridized carbons (Fsp3) is 0.263. The van der Waals surface area contributed by atoms with Gasteiger partial charge in [-0.1, -0.05) is 0 Å². The molecule has 0 aliphatic heterocycles. The Labute approximate surface area is 156 Å². The lowest BCUT2D eigenvalue weighted by atomic mass is 10.2. The van der Waals surface area contributed by atoms with E-state index in [9.17, 15) is 14.4 Å². The highest BCUT2D eigenvalue weighted by atomic mass is 16.5. The number of ether oxygens (including phenoxy) is 1. The molecular formula is C19H21N3O5. The molecule has 0 fully saturated rings. The number of carbonyl (C=O) groups is 3. The number of carboxylic acid groups (broad SMARTS) is 1. The van der Waals surface area contributed by atoms with Gasteiger partial charge in [0, 0.05) is 30.1 Å². The van der Waals surface area contributed by atoms with E-state index in [1.165, 1.54) is 6.20 Å². The third-order valence-corrected chi connectivity index (χ3v) is 3.38. The van der Waals surface area contributed by atoms with Crippen LogP contribution in [-0.4, -0.2) is 40.5 Å². The Kier molecular flexibility index (Phi) is 6.87. The second kappa shape index (κ2) is 9.33. The lowest BCUT2D eigenvalue weighted by molar-refractivity contribution is -0.136. The van der Waals surface area contributed by atoms with E-state index in [2.05, 4.69) is 15.6 Å². The number of benzene rings is 1. The SMILES string of the molecule is CC(C)Oc1ccc(C(=O)Nc2ccc(C(=O)NCCC(=O)O)cc2)cn1. The van der Waals surface area contributed by atoms with Crippen LogP contribution in [0, 0.1) is 0 Å². The molecule has 8 nitrogen and oxygen atoms in total. The molecule has 8 heteroatoms. The number of nitrogens with zero attached hydrogens (tertiary/aromatic N) is 1. The molecule has 2 aromatic rings. The van der Waals surface area contributed by atoms with Crippen molar-refractivity contribution in [2.45, 2.75) is 26.4 Å². The topological polar surface area (TPSA) is 118 Å². The first kappa shape index (κ1) is 19.9. The van der Waals surface area contributed by atoms with Gasteiger partial charge in [-0.05, 0) is 44.2 Å². The summed E-state index contributed by atoms with van der Waals surface area (Å²) in [7, 11) is 0. The van der Waals surface area contributed by atoms with E-state index in [1.807, 2.05) is 13.8 Å². The van der Waals surface area contributed by atoms with Gasteiger partial charge in [-0.3, -0.25) is 14.4 Å². The molecule has 2 amide bonds. The predicted octanol–water partition coefficient (Wildman–Crippen LogP) is 2.33. The number of nitrogens with one attached hydrogen (secondary N) is 2. The minimum Gasteiger partial charge on any atom is -0.481 e. The van der Waals surface area contributed by atoms with Gasteiger partial charge in [0.15, 0.2) is 0 Å². The summed E-state index contributed by atoms with van der Waals surface area (Å²) in [6, 6.07) is 9.51. The van der Waals surface area contributed by atoms with E-state index >= 15 is 0 Å². The van der Waals surface area contributed by atoms with Crippen molar-refractivity contribution in [3.05, 3.63) is 53.7 Å². The maximum absolute atomic E-state index is 12.2. The van der Waals surface area contributed by atoms with Gasteiger partial charge in [0.2, 0.25) is 5.88 Å². The molecule has 1 aromatic carbocycles. The largest absolute Gasteiger partial charge is 0.481 e. The number of amides is 2. The van der Waals surface area contributed by atoms with Crippen molar-refractivity contribution < 1.29 is 24.2 Å². The number of rotatable bonds is 8. The highest BCUT2D eigenvalue weighted by molar-refractivity contribution is 6.04. The second-order valence-corrected chi connectivity index (χ2v) is 5.98. The smallest absolute Gasteiger partial charge is 0.305 e. The molecule has 1 aromatic heterocycles. The summed E-state index contributed by atoms with van der Waals surface area (Å²) in [6.45, 7) is 3.83. The van der Waals surface area contributed by atoms with Gasteiger partial charge >= 0.3 is 5.97 Å². The molecule has 0 saturated carbocycles. The molecule has 0 aliphatic carbocycles. The molecule has 0 atom stereocenters. The van der Waals surface area contributed by atoms with Crippen molar-refractivity contribution in [1.82, 2.24) is 10.3 Å². The standard InChI is InChI=1S/C19H21N3O5/c1-12(2)27-16-8-5-14(11-21-16)19(26)22-15-6-3-13(4-7-15)18(25)20-10-9-17(23)24/h3-8,11-12H,9-10H2,1-2H3,(H,20,25)(H,22,26)(H,23,24). The number of hydrogen-bond acceptors (Lipinski definition) is 5. The Balaban J connectivity index is 1.92. The molecular weight excluding hydrogens is 350 g/mol. The molecule has 0 spiro atoms. The summed E-state index contributed by atoms with van der Waals surface area (Å²) < 4.78 is 5.43. The average Bonchev–Trinajstić information content (AvgIpc) is 2.62. The first-order valence-corrected chi connectivity index (χ1v) is 8.39. The normalized spacial score (nSPS) is 10.3. The Hall–Kier alpha value is -3.42. The number of carbonyl (C=O) groups excluding carboxylic acids is 2. The fourth-order valence-corrected chi connectivity index (χ4v) is 2.12. The number of aliphatic carboxylic acids is 1. The fourth-order valence-electron chi connectivity index (χ4n) is 2.12.